The fourth-order valence-corrected chi connectivity index (χ4v) is 2.26. The maximum atomic E-state index is 12.4. The van der Waals surface area contributed by atoms with Crippen molar-refractivity contribution in [3.05, 3.63) is 53.9 Å². The number of nitrogens with zero attached hydrogens (tertiary/aromatic N) is 3. The Bertz CT molecular complexity index is 969. The molecule has 138 valence electrons. The lowest BCUT2D eigenvalue weighted by atomic mass is 10.2. The minimum Gasteiger partial charge on any atom is -0.493 e. The van der Waals surface area contributed by atoms with Gasteiger partial charge in [-0.1, -0.05) is 17.3 Å². The highest BCUT2D eigenvalue weighted by Gasteiger charge is 2.15. The van der Waals surface area contributed by atoms with Crippen LogP contribution in [-0.4, -0.2) is 23.9 Å². The first-order chi connectivity index (χ1) is 13.1. The predicted octanol–water partition coefficient (Wildman–Crippen LogP) is 3.80. The van der Waals surface area contributed by atoms with Gasteiger partial charge in [-0.25, -0.2) is 0 Å². The number of hydrogen-bond acceptors (Lipinski definition) is 7. The van der Waals surface area contributed by atoms with Gasteiger partial charge in [-0.3, -0.25) is 0 Å². The third kappa shape index (κ3) is 4.30. The summed E-state index contributed by atoms with van der Waals surface area (Å²) in [6, 6.07) is 13.1. The molecule has 3 rings (SSSR count). The zero-order valence-corrected chi connectivity index (χ0v) is 14.1. The molecule has 1 heterocycles. The molecule has 0 aliphatic carbocycles. The summed E-state index contributed by atoms with van der Waals surface area (Å²) in [5.74, 6) is 0.818. The first-order valence-electron chi connectivity index (χ1n) is 7.68. The molecule has 7 nitrogen and oxygen atoms in total. The molecule has 0 bridgehead atoms. The van der Waals surface area contributed by atoms with Crippen molar-refractivity contribution in [1.82, 2.24) is 10.1 Å². The zero-order chi connectivity index (χ0) is 19.2. The molecule has 1 aromatic heterocycles. The van der Waals surface area contributed by atoms with E-state index in [0.717, 1.165) is 0 Å². The summed E-state index contributed by atoms with van der Waals surface area (Å²) >= 11 is 0. The average Bonchev–Trinajstić information content (AvgIpc) is 3.15. The van der Waals surface area contributed by atoms with E-state index in [-0.39, 0.29) is 29.8 Å². The highest BCUT2D eigenvalue weighted by molar-refractivity contribution is 5.60. The van der Waals surface area contributed by atoms with Crippen LogP contribution in [0.15, 0.2) is 47.0 Å². The van der Waals surface area contributed by atoms with Gasteiger partial charge >= 0.3 is 6.61 Å². The Morgan fingerprint density at radius 2 is 1.96 bits per heavy atom. The van der Waals surface area contributed by atoms with Gasteiger partial charge in [-0.05, 0) is 30.3 Å². The van der Waals surface area contributed by atoms with Crippen LogP contribution in [-0.2, 0) is 6.61 Å². The van der Waals surface area contributed by atoms with E-state index in [1.807, 2.05) is 6.07 Å². The molecule has 0 aliphatic rings. The molecule has 0 saturated carbocycles. The van der Waals surface area contributed by atoms with Crippen LogP contribution in [0.3, 0.4) is 0 Å². The van der Waals surface area contributed by atoms with E-state index in [1.54, 1.807) is 24.3 Å². The van der Waals surface area contributed by atoms with Gasteiger partial charge in [0, 0.05) is 5.56 Å². The quantitative estimate of drug-likeness (QED) is 0.622. The highest BCUT2D eigenvalue weighted by atomic mass is 19.3. The van der Waals surface area contributed by atoms with E-state index < -0.39 is 6.61 Å². The summed E-state index contributed by atoms with van der Waals surface area (Å²) in [6.45, 7) is -3.00. The molecule has 0 aliphatic heterocycles. The van der Waals surface area contributed by atoms with Crippen LogP contribution in [0.5, 0.6) is 17.2 Å². The van der Waals surface area contributed by atoms with Crippen molar-refractivity contribution < 1.29 is 27.5 Å². The molecular weight excluding hydrogens is 360 g/mol. The molecule has 0 fully saturated rings. The Hall–Kier alpha value is -3.67. The lowest BCUT2D eigenvalue weighted by molar-refractivity contribution is -0.0512. The number of halogens is 2. The number of para-hydroxylation sites is 1. The number of aromatic nitrogens is 2. The minimum atomic E-state index is -2.96. The molecule has 0 radical (unpaired) electrons. The molecule has 2 aromatic carbocycles. The van der Waals surface area contributed by atoms with Crippen LogP contribution in [0.4, 0.5) is 8.78 Å². The van der Waals surface area contributed by atoms with Gasteiger partial charge in [0.05, 0.1) is 12.7 Å². The fraction of sp³-hybridized carbons (Fsp3) is 0.167. The minimum absolute atomic E-state index is 0.0323. The van der Waals surface area contributed by atoms with Gasteiger partial charge in [-0.15, -0.1) is 0 Å². The summed E-state index contributed by atoms with van der Waals surface area (Å²) in [6.07, 6.45) is 0. The molecule has 0 spiro atoms. The third-order valence-corrected chi connectivity index (χ3v) is 3.46. The average molecular weight is 373 g/mol. The maximum absolute atomic E-state index is 12.4. The summed E-state index contributed by atoms with van der Waals surface area (Å²) in [5, 5.41) is 12.9. The SMILES string of the molecule is COc1cc(-c2noc(COc3ccccc3C#N)n2)ccc1OC(F)F. The first kappa shape index (κ1) is 18.1. The molecule has 9 heteroatoms. The Balaban J connectivity index is 1.75. The molecule has 3 aromatic rings. The van der Waals surface area contributed by atoms with Crippen molar-refractivity contribution in [3.8, 4) is 34.7 Å². The van der Waals surface area contributed by atoms with E-state index in [2.05, 4.69) is 14.9 Å². The predicted molar refractivity (Wildman–Crippen MR) is 88.4 cm³/mol. The Kier molecular flexibility index (Phi) is 5.47. The van der Waals surface area contributed by atoms with Crippen LogP contribution < -0.4 is 14.2 Å². The van der Waals surface area contributed by atoms with Gasteiger partial charge in [0.25, 0.3) is 5.89 Å². The summed E-state index contributed by atoms with van der Waals surface area (Å²) < 4.78 is 44.8. The van der Waals surface area contributed by atoms with Crippen LogP contribution in [0.25, 0.3) is 11.4 Å². The number of rotatable bonds is 7. The standard InChI is InChI=1S/C18H13F2N3O4/c1-24-15-8-11(6-7-14(15)26-18(19)20)17-22-16(27-23-17)10-25-13-5-3-2-4-12(13)9-21/h2-8,18H,10H2,1H3. The van der Waals surface area contributed by atoms with E-state index in [1.165, 1.54) is 25.3 Å². The van der Waals surface area contributed by atoms with E-state index in [4.69, 9.17) is 19.3 Å². The number of nitriles is 1. The van der Waals surface area contributed by atoms with Crippen LogP contribution in [0.1, 0.15) is 11.5 Å². The number of methoxy groups -OCH3 is 1. The molecular formula is C18H13F2N3O4. The first-order valence-corrected chi connectivity index (χ1v) is 7.68. The number of benzene rings is 2. The topological polar surface area (TPSA) is 90.4 Å². The van der Waals surface area contributed by atoms with Crippen molar-refractivity contribution in [2.24, 2.45) is 0 Å². The second kappa shape index (κ2) is 8.14. The summed E-state index contributed by atoms with van der Waals surface area (Å²) in [4.78, 5) is 4.19. The van der Waals surface area contributed by atoms with E-state index in [9.17, 15) is 8.78 Å². The lowest BCUT2D eigenvalue weighted by Crippen LogP contribution is -2.03. The molecule has 0 unspecified atom stereocenters. The maximum Gasteiger partial charge on any atom is 0.387 e. The number of hydrogen-bond donors (Lipinski definition) is 0. The second-order valence-electron chi connectivity index (χ2n) is 5.15. The highest BCUT2D eigenvalue weighted by Crippen LogP contribution is 2.32. The monoisotopic (exact) mass is 373 g/mol. The Labute approximate surface area is 152 Å². The van der Waals surface area contributed by atoms with Crippen molar-refractivity contribution in [3.63, 3.8) is 0 Å². The van der Waals surface area contributed by atoms with Gasteiger partial charge < -0.3 is 18.7 Å². The third-order valence-electron chi connectivity index (χ3n) is 3.46. The van der Waals surface area contributed by atoms with Crippen molar-refractivity contribution in [2.45, 2.75) is 13.2 Å². The zero-order valence-electron chi connectivity index (χ0n) is 14.1. The van der Waals surface area contributed by atoms with E-state index >= 15 is 0 Å². The van der Waals surface area contributed by atoms with Crippen LogP contribution >= 0.6 is 0 Å². The van der Waals surface area contributed by atoms with Gasteiger partial charge in [0.1, 0.15) is 11.8 Å². The molecule has 0 amide bonds. The molecule has 0 N–H and O–H groups in total. The van der Waals surface area contributed by atoms with Crippen molar-refractivity contribution in [1.29, 1.82) is 5.26 Å². The van der Waals surface area contributed by atoms with Crippen molar-refractivity contribution >= 4 is 0 Å². The largest absolute Gasteiger partial charge is 0.493 e. The summed E-state index contributed by atoms with van der Waals surface area (Å²) in [5.41, 5.74) is 0.873. The second-order valence-corrected chi connectivity index (χ2v) is 5.15. The van der Waals surface area contributed by atoms with Crippen LogP contribution in [0.2, 0.25) is 0 Å². The smallest absolute Gasteiger partial charge is 0.387 e. The molecule has 27 heavy (non-hydrogen) atoms. The Morgan fingerprint density at radius 3 is 2.70 bits per heavy atom. The normalized spacial score (nSPS) is 10.5. The van der Waals surface area contributed by atoms with E-state index in [0.29, 0.717) is 16.9 Å². The van der Waals surface area contributed by atoms with Crippen molar-refractivity contribution in [2.75, 3.05) is 7.11 Å². The lowest BCUT2D eigenvalue weighted by Gasteiger charge is -2.10. The van der Waals surface area contributed by atoms with Crippen LogP contribution in [0, 0.1) is 11.3 Å². The Morgan fingerprint density at radius 1 is 1.15 bits per heavy atom. The number of alkyl halides is 2. The molecule has 0 atom stereocenters. The fourth-order valence-electron chi connectivity index (χ4n) is 2.26. The summed E-state index contributed by atoms with van der Waals surface area (Å²) in [7, 11) is 1.33. The van der Waals surface area contributed by atoms with Gasteiger partial charge in [-0.2, -0.15) is 19.0 Å². The van der Waals surface area contributed by atoms with Gasteiger partial charge in [0.15, 0.2) is 18.1 Å². The molecule has 0 saturated heterocycles. The van der Waals surface area contributed by atoms with Gasteiger partial charge in [0.2, 0.25) is 5.82 Å². The number of ether oxygens (including phenoxy) is 3.